The van der Waals surface area contributed by atoms with Crippen molar-refractivity contribution >= 4 is 39.6 Å². The summed E-state index contributed by atoms with van der Waals surface area (Å²) in [5, 5.41) is 5.30. The summed E-state index contributed by atoms with van der Waals surface area (Å²) < 4.78 is 0.776. The van der Waals surface area contributed by atoms with E-state index in [1.807, 2.05) is 24.3 Å². The zero-order valence-electron chi connectivity index (χ0n) is 16.7. The van der Waals surface area contributed by atoms with Gasteiger partial charge >= 0.3 is 6.03 Å². The smallest absolute Gasteiger partial charge is 0.319 e. The van der Waals surface area contributed by atoms with E-state index < -0.39 is 29.9 Å². The quantitative estimate of drug-likeness (QED) is 0.685. The number of carbonyl (C=O) groups excluding carboxylic acids is 3. The predicted octanol–water partition coefficient (Wildman–Crippen LogP) is 3.55. The van der Waals surface area contributed by atoms with Gasteiger partial charge in [0.15, 0.2) is 0 Å². The Morgan fingerprint density at radius 2 is 1.83 bits per heavy atom. The Hall–Kier alpha value is -2.74. The number of pyridine rings is 1. The van der Waals surface area contributed by atoms with E-state index in [-0.39, 0.29) is 5.41 Å². The molecule has 2 aromatic rings. The van der Waals surface area contributed by atoms with Gasteiger partial charge in [-0.05, 0) is 51.5 Å². The molecule has 152 valence electrons. The molecule has 4 amide bonds. The molecule has 0 spiro atoms. The number of halogens is 1. The van der Waals surface area contributed by atoms with E-state index in [1.54, 1.807) is 25.3 Å². The minimum atomic E-state index is -1.22. The molecule has 1 unspecified atom stereocenters. The van der Waals surface area contributed by atoms with Crippen molar-refractivity contribution in [3.63, 3.8) is 0 Å². The zero-order chi connectivity index (χ0) is 21.4. The molecule has 0 saturated carbocycles. The van der Waals surface area contributed by atoms with E-state index in [2.05, 4.69) is 52.3 Å². The minimum Gasteiger partial charge on any atom is -0.319 e. The van der Waals surface area contributed by atoms with Crippen molar-refractivity contribution in [3.8, 4) is 0 Å². The maximum absolute atomic E-state index is 13.0. The molecule has 0 bridgehead atoms. The third-order valence-electron chi connectivity index (χ3n) is 4.90. The molecule has 1 aromatic heterocycles. The van der Waals surface area contributed by atoms with Crippen LogP contribution >= 0.6 is 15.9 Å². The number of rotatable bonds is 4. The van der Waals surface area contributed by atoms with Gasteiger partial charge in [0.05, 0.1) is 0 Å². The molecule has 29 heavy (non-hydrogen) atoms. The number of hydrogen-bond acceptors (Lipinski definition) is 4. The SMILES string of the molecule is CC(C)(C)c1ccc(C2(C)NC(=O)N(CC(=O)Nc3ccc(Br)cn3)C2=O)cc1. The van der Waals surface area contributed by atoms with E-state index in [0.29, 0.717) is 11.4 Å². The topological polar surface area (TPSA) is 91.4 Å². The number of anilines is 1. The second kappa shape index (κ2) is 7.59. The lowest BCUT2D eigenvalue weighted by atomic mass is 9.84. The summed E-state index contributed by atoms with van der Waals surface area (Å²) in [6.45, 7) is 7.57. The molecule has 3 rings (SSSR count). The maximum Gasteiger partial charge on any atom is 0.325 e. The van der Waals surface area contributed by atoms with Crippen molar-refractivity contribution in [1.82, 2.24) is 15.2 Å². The Balaban J connectivity index is 1.74. The highest BCUT2D eigenvalue weighted by Crippen LogP contribution is 2.31. The van der Waals surface area contributed by atoms with Crippen LogP contribution in [0.15, 0.2) is 47.1 Å². The van der Waals surface area contributed by atoms with Crippen LogP contribution in [0, 0.1) is 0 Å². The fourth-order valence-electron chi connectivity index (χ4n) is 3.12. The molecule has 1 aliphatic heterocycles. The van der Waals surface area contributed by atoms with Gasteiger partial charge < -0.3 is 10.6 Å². The van der Waals surface area contributed by atoms with Crippen molar-refractivity contribution in [2.24, 2.45) is 0 Å². The zero-order valence-corrected chi connectivity index (χ0v) is 18.3. The molecule has 0 aliphatic carbocycles. The lowest BCUT2D eigenvalue weighted by Crippen LogP contribution is -2.42. The number of nitrogens with one attached hydrogen (secondary N) is 2. The molecule has 1 aliphatic rings. The van der Waals surface area contributed by atoms with Crippen molar-refractivity contribution in [1.29, 1.82) is 0 Å². The van der Waals surface area contributed by atoms with Gasteiger partial charge in [-0.2, -0.15) is 0 Å². The summed E-state index contributed by atoms with van der Waals surface area (Å²) in [7, 11) is 0. The highest BCUT2D eigenvalue weighted by Gasteiger charge is 2.49. The lowest BCUT2D eigenvalue weighted by Gasteiger charge is -2.24. The van der Waals surface area contributed by atoms with E-state index in [1.165, 1.54) is 0 Å². The Kier molecular flexibility index (Phi) is 5.49. The van der Waals surface area contributed by atoms with E-state index in [9.17, 15) is 14.4 Å². The van der Waals surface area contributed by atoms with Gasteiger partial charge in [-0.3, -0.25) is 14.5 Å². The maximum atomic E-state index is 13.0. The van der Waals surface area contributed by atoms with Crippen LogP contribution in [0.5, 0.6) is 0 Å². The highest BCUT2D eigenvalue weighted by atomic mass is 79.9. The first kappa shape index (κ1) is 21.0. The average molecular weight is 459 g/mol. The third kappa shape index (κ3) is 4.32. The van der Waals surface area contributed by atoms with E-state index in [0.717, 1.165) is 14.9 Å². The molecular formula is C21H23BrN4O3. The molecular weight excluding hydrogens is 436 g/mol. The molecule has 0 radical (unpaired) electrons. The van der Waals surface area contributed by atoms with Gasteiger partial charge in [0.2, 0.25) is 5.91 Å². The van der Waals surface area contributed by atoms with Gasteiger partial charge in [0.25, 0.3) is 5.91 Å². The molecule has 1 atom stereocenters. The highest BCUT2D eigenvalue weighted by molar-refractivity contribution is 9.10. The van der Waals surface area contributed by atoms with Crippen molar-refractivity contribution in [3.05, 3.63) is 58.2 Å². The Morgan fingerprint density at radius 3 is 2.38 bits per heavy atom. The number of urea groups is 1. The van der Waals surface area contributed by atoms with Gasteiger partial charge in [0, 0.05) is 10.7 Å². The first-order valence-corrected chi connectivity index (χ1v) is 9.96. The van der Waals surface area contributed by atoms with Gasteiger partial charge in [-0.15, -0.1) is 0 Å². The standard InChI is InChI=1S/C21H23BrN4O3/c1-20(2,3)13-5-7-14(8-6-13)21(4)18(28)26(19(29)25-21)12-17(27)24-16-10-9-15(22)11-23-16/h5-11H,12H2,1-4H3,(H,25,29)(H,23,24,27). The van der Waals surface area contributed by atoms with Gasteiger partial charge in [0.1, 0.15) is 17.9 Å². The summed E-state index contributed by atoms with van der Waals surface area (Å²) in [5.41, 5.74) is 0.554. The van der Waals surface area contributed by atoms with Crippen LogP contribution in [0.1, 0.15) is 38.8 Å². The molecule has 2 heterocycles. The van der Waals surface area contributed by atoms with Crippen LogP contribution in [0.4, 0.5) is 10.6 Å². The predicted molar refractivity (Wildman–Crippen MR) is 113 cm³/mol. The summed E-state index contributed by atoms with van der Waals surface area (Å²) in [4.78, 5) is 42.7. The van der Waals surface area contributed by atoms with Gasteiger partial charge in [-0.25, -0.2) is 9.78 Å². The second-order valence-electron chi connectivity index (χ2n) is 8.18. The fraction of sp³-hybridized carbons (Fsp3) is 0.333. The average Bonchev–Trinajstić information content (AvgIpc) is 2.87. The van der Waals surface area contributed by atoms with Crippen molar-refractivity contribution in [2.45, 2.75) is 38.6 Å². The number of amides is 4. The normalized spacial score (nSPS) is 19.3. The molecule has 7 nitrogen and oxygen atoms in total. The Labute approximate surface area is 178 Å². The minimum absolute atomic E-state index is 0.0203. The number of nitrogens with zero attached hydrogens (tertiary/aromatic N) is 2. The Morgan fingerprint density at radius 1 is 1.17 bits per heavy atom. The first-order valence-electron chi connectivity index (χ1n) is 9.17. The molecule has 1 fully saturated rings. The van der Waals surface area contributed by atoms with Crippen molar-refractivity contribution < 1.29 is 14.4 Å². The number of benzene rings is 1. The summed E-state index contributed by atoms with van der Waals surface area (Å²) >= 11 is 3.27. The first-order chi connectivity index (χ1) is 13.5. The lowest BCUT2D eigenvalue weighted by molar-refractivity contribution is -0.133. The molecule has 2 N–H and O–H groups in total. The third-order valence-corrected chi connectivity index (χ3v) is 5.37. The van der Waals surface area contributed by atoms with Crippen LogP contribution in [-0.2, 0) is 20.5 Å². The van der Waals surface area contributed by atoms with Crippen LogP contribution in [0.25, 0.3) is 0 Å². The second-order valence-corrected chi connectivity index (χ2v) is 9.10. The largest absolute Gasteiger partial charge is 0.325 e. The Bertz CT molecular complexity index is 951. The van der Waals surface area contributed by atoms with E-state index in [4.69, 9.17) is 0 Å². The monoisotopic (exact) mass is 458 g/mol. The van der Waals surface area contributed by atoms with Crippen LogP contribution in [-0.4, -0.2) is 34.3 Å². The summed E-state index contributed by atoms with van der Waals surface area (Å²) in [5.74, 6) is -0.633. The molecule has 8 heteroatoms. The number of imide groups is 1. The number of hydrogen-bond donors (Lipinski definition) is 2. The molecule has 1 saturated heterocycles. The van der Waals surface area contributed by atoms with Crippen LogP contribution in [0.3, 0.4) is 0 Å². The van der Waals surface area contributed by atoms with Crippen molar-refractivity contribution in [2.75, 3.05) is 11.9 Å². The number of aromatic nitrogens is 1. The fourth-order valence-corrected chi connectivity index (χ4v) is 3.35. The van der Waals surface area contributed by atoms with Crippen LogP contribution in [0.2, 0.25) is 0 Å². The number of carbonyl (C=O) groups is 3. The van der Waals surface area contributed by atoms with Crippen LogP contribution < -0.4 is 10.6 Å². The van der Waals surface area contributed by atoms with E-state index >= 15 is 0 Å². The molecule has 1 aromatic carbocycles. The summed E-state index contributed by atoms with van der Waals surface area (Å²) in [6.07, 6.45) is 1.54. The van der Waals surface area contributed by atoms with Gasteiger partial charge in [-0.1, -0.05) is 45.0 Å². The summed E-state index contributed by atoms with van der Waals surface area (Å²) in [6, 6.07) is 10.3.